The van der Waals surface area contributed by atoms with E-state index in [1.807, 2.05) is 44.2 Å². The van der Waals surface area contributed by atoms with Crippen molar-refractivity contribution in [3.63, 3.8) is 0 Å². The molecule has 0 spiro atoms. The monoisotopic (exact) mass is 338 g/mol. The minimum atomic E-state index is -0.157. The fourth-order valence-electron chi connectivity index (χ4n) is 2.95. The summed E-state index contributed by atoms with van der Waals surface area (Å²) in [6.07, 6.45) is 2.80. The molecule has 1 aromatic carbocycles. The zero-order valence-electron chi connectivity index (χ0n) is 14.5. The van der Waals surface area contributed by atoms with Crippen molar-refractivity contribution in [2.75, 3.05) is 0 Å². The molecular formula is C20H22N2O3. The van der Waals surface area contributed by atoms with E-state index in [1.165, 1.54) is 0 Å². The average Bonchev–Trinajstić information content (AvgIpc) is 3.09. The normalized spacial score (nSPS) is 11.0. The van der Waals surface area contributed by atoms with Crippen LogP contribution in [0.4, 0.5) is 0 Å². The van der Waals surface area contributed by atoms with Crippen LogP contribution in [0.3, 0.4) is 0 Å². The predicted molar refractivity (Wildman–Crippen MR) is 97.2 cm³/mol. The minimum Gasteiger partial charge on any atom is -0.467 e. The highest BCUT2D eigenvalue weighted by molar-refractivity contribution is 5.82. The molecule has 0 saturated heterocycles. The number of fused-ring (bicyclic) bond motifs is 1. The highest BCUT2D eigenvalue weighted by atomic mass is 16.3. The van der Waals surface area contributed by atoms with E-state index in [9.17, 15) is 9.59 Å². The molecule has 3 aromatic rings. The molecule has 2 heterocycles. The number of H-pyrrole nitrogens is 1. The Labute approximate surface area is 146 Å². The van der Waals surface area contributed by atoms with Crippen LogP contribution in [0.1, 0.15) is 36.7 Å². The first-order chi connectivity index (χ1) is 12.1. The van der Waals surface area contributed by atoms with Crippen molar-refractivity contribution in [1.29, 1.82) is 0 Å². The van der Waals surface area contributed by atoms with Crippen LogP contribution in [0, 0.1) is 6.92 Å². The van der Waals surface area contributed by atoms with Gasteiger partial charge in [-0.15, -0.1) is 0 Å². The zero-order chi connectivity index (χ0) is 17.8. The van der Waals surface area contributed by atoms with Gasteiger partial charge in [-0.05, 0) is 42.5 Å². The van der Waals surface area contributed by atoms with Crippen molar-refractivity contribution >= 4 is 16.8 Å². The Bertz CT molecular complexity index is 926. The van der Waals surface area contributed by atoms with Gasteiger partial charge in [0.25, 0.3) is 5.56 Å². The van der Waals surface area contributed by atoms with Gasteiger partial charge in [0.05, 0.1) is 24.9 Å². The van der Waals surface area contributed by atoms with E-state index in [0.717, 1.165) is 22.9 Å². The molecule has 0 aliphatic heterocycles. The lowest BCUT2D eigenvalue weighted by Crippen LogP contribution is -2.32. The van der Waals surface area contributed by atoms with E-state index in [2.05, 4.69) is 4.98 Å². The largest absolute Gasteiger partial charge is 0.467 e. The van der Waals surface area contributed by atoms with E-state index in [1.54, 1.807) is 17.2 Å². The second kappa shape index (κ2) is 7.38. The maximum absolute atomic E-state index is 12.5. The summed E-state index contributed by atoms with van der Waals surface area (Å²) in [7, 11) is 0. The number of benzene rings is 1. The third-order valence-corrected chi connectivity index (χ3v) is 4.27. The van der Waals surface area contributed by atoms with E-state index in [-0.39, 0.29) is 18.0 Å². The van der Waals surface area contributed by atoms with Crippen LogP contribution in [-0.4, -0.2) is 15.8 Å². The summed E-state index contributed by atoms with van der Waals surface area (Å²) in [6.45, 7) is 4.55. The fourth-order valence-corrected chi connectivity index (χ4v) is 2.95. The molecule has 5 nitrogen and oxygen atoms in total. The summed E-state index contributed by atoms with van der Waals surface area (Å²) in [5.41, 5.74) is 2.29. The Morgan fingerprint density at radius 3 is 2.76 bits per heavy atom. The van der Waals surface area contributed by atoms with Gasteiger partial charge in [-0.2, -0.15) is 0 Å². The number of hydrogen-bond donors (Lipinski definition) is 1. The number of aromatic amines is 1. The SMILES string of the molecule is CCCC(=O)N(Cc1ccco1)Cc1cc2cccc(C)c2[nH]c1=O. The van der Waals surface area contributed by atoms with Crippen molar-refractivity contribution in [3.8, 4) is 0 Å². The molecule has 0 radical (unpaired) electrons. The summed E-state index contributed by atoms with van der Waals surface area (Å²) in [5.74, 6) is 0.722. The maximum atomic E-state index is 12.5. The number of furan rings is 1. The molecule has 0 bridgehead atoms. The topological polar surface area (TPSA) is 66.3 Å². The Morgan fingerprint density at radius 2 is 2.04 bits per heavy atom. The van der Waals surface area contributed by atoms with Crippen LogP contribution in [0.2, 0.25) is 0 Å². The number of para-hydroxylation sites is 1. The number of aryl methyl sites for hydroxylation is 1. The quantitative estimate of drug-likeness (QED) is 0.744. The molecule has 0 unspecified atom stereocenters. The molecule has 1 amide bonds. The number of nitrogens with zero attached hydrogens (tertiary/aromatic N) is 1. The first-order valence-corrected chi connectivity index (χ1v) is 8.50. The van der Waals surface area contributed by atoms with Gasteiger partial charge in [-0.25, -0.2) is 0 Å². The molecular weight excluding hydrogens is 316 g/mol. The standard InChI is InChI=1S/C20H22N2O3/c1-3-6-18(23)22(13-17-9-5-10-25-17)12-16-11-15-8-4-7-14(2)19(15)21-20(16)24/h4-5,7-11H,3,6,12-13H2,1-2H3,(H,21,24). The molecule has 0 atom stereocenters. The first kappa shape index (κ1) is 17.0. The second-order valence-electron chi connectivity index (χ2n) is 6.24. The Balaban J connectivity index is 1.93. The third kappa shape index (κ3) is 3.82. The lowest BCUT2D eigenvalue weighted by Gasteiger charge is -2.21. The molecule has 5 heteroatoms. The van der Waals surface area contributed by atoms with Crippen molar-refractivity contribution in [3.05, 3.63) is 69.9 Å². The van der Waals surface area contributed by atoms with Gasteiger partial charge in [0, 0.05) is 12.0 Å². The van der Waals surface area contributed by atoms with Crippen LogP contribution in [-0.2, 0) is 17.9 Å². The number of hydrogen-bond acceptors (Lipinski definition) is 3. The molecule has 1 N–H and O–H groups in total. The molecule has 130 valence electrons. The number of carbonyl (C=O) groups excluding carboxylic acids is 1. The number of pyridine rings is 1. The predicted octanol–water partition coefficient (Wildman–Crippen LogP) is 3.76. The van der Waals surface area contributed by atoms with Gasteiger partial charge in [-0.3, -0.25) is 9.59 Å². The van der Waals surface area contributed by atoms with Gasteiger partial charge < -0.3 is 14.3 Å². The van der Waals surface area contributed by atoms with Crippen LogP contribution < -0.4 is 5.56 Å². The fraction of sp³-hybridized carbons (Fsp3) is 0.300. The summed E-state index contributed by atoms with van der Waals surface area (Å²) >= 11 is 0. The molecule has 0 aliphatic carbocycles. The van der Waals surface area contributed by atoms with Crippen LogP contribution >= 0.6 is 0 Å². The molecule has 25 heavy (non-hydrogen) atoms. The Hall–Kier alpha value is -2.82. The van der Waals surface area contributed by atoms with Gasteiger partial charge >= 0.3 is 0 Å². The van der Waals surface area contributed by atoms with Crippen molar-refractivity contribution < 1.29 is 9.21 Å². The molecule has 0 fully saturated rings. The van der Waals surface area contributed by atoms with E-state index in [4.69, 9.17) is 4.42 Å². The molecule has 2 aromatic heterocycles. The molecule has 0 saturated carbocycles. The minimum absolute atomic E-state index is 0.0163. The van der Waals surface area contributed by atoms with Crippen LogP contribution in [0.15, 0.2) is 51.9 Å². The third-order valence-electron chi connectivity index (χ3n) is 4.27. The highest BCUT2D eigenvalue weighted by Gasteiger charge is 2.17. The first-order valence-electron chi connectivity index (χ1n) is 8.50. The van der Waals surface area contributed by atoms with Crippen molar-refractivity contribution in [2.45, 2.75) is 39.8 Å². The Kier molecular flexibility index (Phi) is 5.03. The summed E-state index contributed by atoms with van der Waals surface area (Å²) in [5, 5.41) is 0.968. The van der Waals surface area contributed by atoms with Gasteiger partial charge in [0.2, 0.25) is 5.91 Å². The van der Waals surface area contributed by atoms with Crippen molar-refractivity contribution in [1.82, 2.24) is 9.88 Å². The average molecular weight is 338 g/mol. The second-order valence-corrected chi connectivity index (χ2v) is 6.24. The Morgan fingerprint density at radius 1 is 1.20 bits per heavy atom. The number of rotatable bonds is 6. The lowest BCUT2D eigenvalue weighted by molar-refractivity contribution is -0.132. The summed E-state index contributed by atoms with van der Waals surface area (Å²) in [6, 6.07) is 11.4. The van der Waals surface area contributed by atoms with Crippen molar-refractivity contribution in [2.24, 2.45) is 0 Å². The maximum Gasteiger partial charge on any atom is 0.253 e. The molecule has 0 aliphatic rings. The van der Waals surface area contributed by atoms with E-state index < -0.39 is 0 Å². The van der Waals surface area contributed by atoms with Gasteiger partial charge in [0.15, 0.2) is 0 Å². The summed E-state index contributed by atoms with van der Waals surface area (Å²) in [4.78, 5) is 29.6. The van der Waals surface area contributed by atoms with E-state index in [0.29, 0.717) is 24.3 Å². The van der Waals surface area contributed by atoms with E-state index >= 15 is 0 Å². The van der Waals surface area contributed by atoms with Gasteiger partial charge in [0.1, 0.15) is 5.76 Å². The van der Waals surface area contributed by atoms with Crippen LogP contribution in [0.25, 0.3) is 10.9 Å². The summed E-state index contributed by atoms with van der Waals surface area (Å²) < 4.78 is 5.37. The number of aromatic nitrogens is 1. The number of amides is 1. The number of nitrogens with one attached hydrogen (secondary N) is 1. The lowest BCUT2D eigenvalue weighted by atomic mass is 10.1. The smallest absolute Gasteiger partial charge is 0.253 e. The number of carbonyl (C=O) groups is 1. The zero-order valence-corrected chi connectivity index (χ0v) is 14.5. The highest BCUT2D eigenvalue weighted by Crippen LogP contribution is 2.17. The molecule has 3 rings (SSSR count). The van der Waals surface area contributed by atoms with Gasteiger partial charge in [-0.1, -0.05) is 25.1 Å². The van der Waals surface area contributed by atoms with Crippen LogP contribution in [0.5, 0.6) is 0 Å².